The predicted molar refractivity (Wildman–Crippen MR) is 69.9 cm³/mol. The molecular weight excluding hydrogens is 246 g/mol. The van der Waals surface area contributed by atoms with Gasteiger partial charge >= 0.3 is 5.97 Å². The van der Waals surface area contributed by atoms with Crippen molar-refractivity contribution >= 4 is 11.7 Å². The van der Waals surface area contributed by atoms with Crippen LogP contribution in [0.15, 0.2) is 48.5 Å². The van der Waals surface area contributed by atoms with E-state index in [0.29, 0.717) is 5.56 Å². The minimum Gasteiger partial charge on any atom is -0.465 e. The van der Waals surface area contributed by atoms with E-state index in [1.54, 1.807) is 30.3 Å². The normalized spacial score (nSPS) is 9.95. The molecule has 19 heavy (non-hydrogen) atoms. The smallest absolute Gasteiger partial charge is 0.338 e. The van der Waals surface area contributed by atoms with Crippen LogP contribution >= 0.6 is 0 Å². The zero-order chi connectivity index (χ0) is 13.8. The quantitative estimate of drug-likeness (QED) is 0.481. The van der Waals surface area contributed by atoms with Gasteiger partial charge in [0.25, 0.3) is 5.69 Å². The van der Waals surface area contributed by atoms with E-state index in [2.05, 4.69) is 4.74 Å². The molecule has 2 rings (SSSR count). The van der Waals surface area contributed by atoms with Crippen molar-refractivity contribution in [2.45, 2.75) is 0 Å². The molecule has 0 saturated carbocycles. The van der Waals surface area contributed by atoms with Crippen LogP contribution in [0.4, 0.5) is 5.69 Å². The average Bonchev–Trinajstić information content (AvgIpc) is 2.46. The number of carbonyl (C=O) groups is 1. The SMILES string of the molecule is COC(=O)c1cccc([N+](=O)[O-])c1-c1ccccc1. The molecule has 2 aromatic carbocycles. The van der Waals surface area contributed by atoms with Crippen LogP contribution in [0.2, 0.25) is 0 Å². The van der Waals surface area contributed by atoms with Gasteiger partial charge in [-0.05, 0) is 11.6 Å². The largest absolute Gasteiger partial charge is 0.465 e. The van der Waals surface area contributed by atoms with Crippen molar-refractivity contribution in [2.24, 2.45) is 0 Å². The molecule has 5 heteroatoms. The number of benzene rings is 2. The van der Waals surface area contributed by atoms with Gasteiger partial charge in [-0.15, -0.1) is 0 Å². The van der Waals surface area contributed by atoms with Gasteiger partial charge in [0.15, 0.2) is 0 Å². The van der Waals surface area contributed by atoms with Gasteiger partial charge in [-0.25, -0.2) is 4.79 Å². The highest BCUT2D eigenvalue weighted by Crippen LogP contribution is 2.33. The van der Waals surface area contributed by atoms with Crippen LogP contribution in [-0.4, -0.2) is 18.0 Å². The Bertz CT molecular complexity index is 623. The Labute approximate surface area is 109 Å². The van der Waals surface area contributed by atoms with Gasteiger partial charge in [-0.1, -0.05) is 36.4 Å². The molecule has 0 aromatic heterocycles. The lowest BCUT2D eigenvalue weighted by Crippen LogP contribution is -2.05. The van der Waals surface area contributed by atoms with Crippen molar-refractivity contribution in [3.05, 3.63) is 64.2 Å². The van der Waals surface area contributed by atoms with E-state index in [-0.39, 0.29) is 16.8 Å². The highest BCUT2D eigenvalue weighted by atomic mass is 16.6. The second-order valence-electron chi connectivity index (χ2n) is 3.81. The van der Waals surface area contributed by atoms with Gasteiger partial charge in [-0.2, -0.15) is 0 Å². The number of hydrogen-bond donors (Lipinski definition) is 0. The van der Waals surface area contributed by atoms with E-state index in [1.165, 1.54) is 25.3 Å². The summed E-state index contributed by atoms with van der Waals surface area (Å²) < 4.78 is 4.67. The molecule has 0 aliphatic rings. The zero-order valence-corrected chi connectivity index (χ0v) is 10.2. The summed E-state index contributed by atoms with van der Waals surface area (Å²) in [6.07, 6.45) is 0. The van der Waals surface area contributed by atoms with E-state index in [4.69, 9.17) is 0 Å². The van der Waals surface area contributed by atoms with Crippen LogP contribution < -0.4 is 0 Å². The van der Waals surface area contributed by atoms with E-state index >= 15 is 0 Å². The third-order valence-electron chi connectivity index (χ3n) is 2.71. The van der Waals surface area contributed by atoms with Crippen molar-refractivity contribution < 1.29 is 14.5 Å². The molecular formula is C14H11NO4. The molecule has 0 bridgehead atoms. The molecule has 0 unspecified atom stereocenters. The third kappa shape index (κ3) is 2.44. The van der Waals surface area contributed by atoms with E-state index in [9.17, 15) is 14.9 Å². The van der Waals surface area contributed by atoms with Gasteiger partial charge in [0.1, 0.15) is 0 Å². The summed E-state index contributed by atoms with van der Waals surface area (Å²) in [5, 5.41) is 11.1. The van der Waals surface area contributed by atoms with Crippen LogP contribution in [-0.2, 0) is 4.74 Å². The minimum atomic E-state index is -0.595. The molecule has 2 aromatic rings. The lowest BCUT2D eigenvalue weighted by Gasteiger charge is -2.08. The van der Waals surface area contributed by atoms with Gasteiger partial charge < -0.3 is 4.74 Å². The summed E-state index contributed by atoms with van der Waals surface area (Å²) in [5.74, 6) is -0.595. The molecule has 0 N–H and O–H groups in total. The number of methoxy groups -OCH3 is 1. The second-order valence-corrected chi connectivity index (χ2v) is 3.81. The van der Waals surface area contributed by atoms with Crippen LogP contribution in [0.5, 0.6) is 0 Å². The maximum Gasteiger partial charge on any atom is 0.338 e. The van der Waals surface area contributed by atoms with Crippen molar-refractivity contribution in [3.8, 4) is 11.1 Å². The highest BCUT2D eigenvalue weighted by Gasteiger charge is 2.23. The first kappa shape index (κ1) is 12.8. The number of carbonyl (C=O) groups excluding carboxylic acids is 1. The maximum atomic E-state index is 11.7. The van der Waals surface area contributed by atoms with Crippen LogP contribution in [0.1, 0.15) is 10.4 Å². The zero-order valence-electron chi connectivity index (χ0n) is 10.2. The molecule has 0 heterocycles. The molecule has 0 spiro atoms. The standard InChI is InChI=1S/C14H11NO4/c1-19-14(16)11-8-5-9-12(15(17)18)13(11)10-6-3-2-4-7-10/h2-9H,1H3. The fourth-order valence-corrected chi connectivity index (χ4v) is 1.88. The Morgan fingerprint density at radius 2 is 1.79 bits per heavy atom. The summed E-state index contributed by atoms with van der Waals surface area (Å²) >= 11 is 0. The first-order valence-corrected chi connectivity index (χ1v) is 5.56. The molecule has 0 atom stereocenters. The lowest BCUT2D eigenvalue weighted by atomic mass is 9.98. The summed E-state index contributed by atoms with van der Waals surface area (Å²) in [7, 11) is 1.25. The number of ether oxygens (including phenoxy) is 1. The number of esters is 1. The molecule has 0 aliphatic carbocycles. The Hall–Kier alpha value is -2.69. The fraction of sp³-hybridized carbons (Fsp3) is 0.0714. The Kier molecular flexibility index (Phi) is 3.56. The van der Waals surface area contributed by atoms with Gasteiger partial charge in [-0.3, -0.25) is 10.1 Å². The second kappa shape index (κ2) is 5.30. The Morgan fingerprint density at radius 3 is 2.37 bits per heavy atom. The molecule has 0 fully saturated rings. The Balaban J connectivity index is 2.74. The molecule has 0 amide bonds. The minimum absolute atomic E-state index is 0.117. The highest BCUT2D eigenvalue weighted by molar-refractivity contribution is 5.99. The predicted octanol–water partition coefficient (Wildman–Crippen LogP) is 3.05. The molecule has 0 radical (unpaired) electrons. The van der Waals surface area contributed by atoms with Crippen LogP contribution in [0.25, 0.3) is 11.1 Å². The van der Waals surface area contributed by atoms with Crippen LogP contribution in [0, 0.1) is 10.1 Å². The van der Waals surface area contributed by atoms with Gasteiger partial charge in [0.05, 0.1) is 23.2 Å². The summed E-state index contributed by atoms with van der Waals surface area (Å²) in [4.78, 5) is 22.3. The van der Waals surface area contributed by atoms with E-state index < -0.39 is 10.9 Å². The molecule has 0 saturated heterocycles. The monoisotopic (exact) mass is 257 g/mol. The first-order chi connectivity index (χ1) is 9.15. The maximum absolute atomic E-state index is 11.7. The molecule has 96 valence electrons. The van der Waals surface area contributed by atoms with Crippen molar-refractivity contribution in [1.29, 1.82) is 0 Å². The topological polar surface area (TPSA) is 69.4 Å². The first-order valence-electron chi connectivity index (χ1n) is 5.56. The summed E-state index contributed by atoms with van der Waals surface area (Å²) in [6, 6.07) is 13.1. The van der Waals surface area contributed by atoms with Crippen LogP contribution in [0.3, 0.4) is 0 Å². The van der Waals surface area contributed by atoms with Gasteiger partial charge in [0.2, 0.25) is 0 Å². The van der Waals surface area contributed by atoms with Gasteiger partial charge in [0, 0.05) is 6.07 Å². The van der Waals surface area contributed by atoms with E-state index in [0.717, 1.165) is 0 Å². The average molecular weight is 257 g/mol. The van der Waals surface area contributed by atoms with Crippen molar-refractivity contribution in [2.75, 3.05) is 7.11 Å². The molecule has 0 aliphatic heterocycles. The van der Waals surface area contributed by atoms with Crippen molar-refractivity contribution in [3.63, 3.8) is 0 Å². The van der Waals surface area contributed by atoms with Crippen molar-refractivity contribution in [1.82, 2.24) is 0 Å². The van der Waals surface area contributed by atoms with E-state index in [1.807, 2.05) is 0 Å². The summed E-state index contributed by atoms with van der Waals surface area (Å²) in [5.41, 5.74) is 0.951. The number of nitro benzene ring substituents is 1. The lowest BCUT2D eigenvalue weighted by molar-refractivity contribution is -0.384. The number of hydrogen-bond acceptors (Lipinski definition) is 4. The number of rotatable bonds is 3. The fourth-order valence-electron chi connectivity index (χ4n) is 1.88. The number of nitro groups is 1. The Morgan fingerprint density at radius 1 is 1.11 bits per heavy atom. The third-order valence-corrected chi connectivity index (χ3v) is 2.71. The molecule has 5 nitrogen and oxygen atoms in total. The summed E-state index contributed by atoms with van der Waals surface area (Å²) in [6.45, 7) is 0. The number of nitrogens with zero attached hydrogens (tertiary/aromatic N) is 1.